The molecule has 0 radical (unpaired) electrons. The Morgan fingerprint density at radius 3 is 0.836 bits per heavy atom. The third kappa shape index (κ3) is 15.1. The quantitative estimate of drug-likeness (QED) is 0.101. The Hall–Kier alpha value is -4.89. The van der Waals surface area contributed by atoms with E-state index in [1.54, 1.807) is 0 Å². The summed E-state index contributed by atoms with van der Waals surface area (Å²) in [6.45, 7) is 6.88. The highest BCUT2D eigenvalue weighted by Crippen LogP contribution is 2.40. The standard InChI is InChI=1S/C23H29F.C21H25F.C20H23F/c1-2-3-4-5-18-6-8-19(9-7-18)20-10-12-21(13-11-20)22-14-16-23(24)17-15-22;1-2-3-16-4-6-17(7-5-16)18-8-10-19(11-9-18)20-12-14-21(22)15-13-20;1-2-15-3-5-16(6-4-15)17-7-9-18(10-8-17)19-11-13-20(21)14-12-19/h10-19H,2-9H2,1H3;8-17H,2-7H2,1H3;7-16H,2-6H2,1H3. The molecule has 6 aromatic rings. The number of hydrogen-bond donors (Lipinski definition) is 0. The van der Waals surface area contributed by atoms with Gasteiger partial charge in [-0.3, -0.25) is 0 Å². The van der Waals surface area contributed by atoms with Gasteiger partial charge < -0.3 is 0 Å². The lowest BCUT2D eigenvalue weighted by Crippen LogP contribution is -2.13. The van der Waals surface area contributed by atoms with Crippen molar-refractivity contribution in [3.63, 3.8) is 0 Å². The van der Waals surface area contributed by atoms with Gasteiger partial charge in [0.1, 0.15) is 17.5 Å². The van der Waals surface area contributed by atoms with Crippen molar-refractivity contribution >= 4 is 0 Å². The van der Waals surface area contributed by atoms with Crippen LogP contribution in [0.2, 0.25) is 0 Å². The number of unbranched alkanes of at least 4 members (excludes halogenated alkanes) is 2. The van der Waals surface area contributed by atoms with Crippen LogP contribution >= 0.6 is 0 Å². The van der Waals surface area contributed by atoms with Crippen molar-refractivity contribution in [3.05, 3.63) is 180 Å². The molecule has 0 aromatic heterocycles. The maximum absolute atomic E-state index is 13.0. The maximum Gasteiger partial charge on any atom is 0.123 e. The van der Waals surface area contributed by atoms with Crippen molar-refractivity contribution in [2.75, 3.05) is 0 Å². The van der Waals surface area contributed by atoms with Crippen molar-refractivity contribution in [3.8, 4) is 33.4 Å². The molecule has 0 aliphatic heterocycles. The summed E-state index contributed by atoms with van der Waals surface area (Å²) in [5, 5.41) is 0. The molecule has 3 saturated carbocycles. The molecule has 0 bridgehead atoms. The van der Waals surface area contributed by atoms with E-state index < -0.39 is 0 Å². The second-order valence-electron chi connectivity index (χ2n) is 20.2. The lowest BCUT2D eigenvalue weighted by atomic mass is 9.77. The minimum absolute atomic E-state index is 0.175. The third-order valence-corrected chi connectivity index (χ3v) is 15.7. The molecular formula is C64H77F3. The van der Waals surface area contributed by atoms with Gasteiger partial charge in [-0.25, -0.2) is 13.2 Å². The average molecular weight is 903 g/mol. The SMILES string of the molecule is CCC1CCC(c2ccc(-c3ccc(F)cc3)cc2)CC1.CCCC1CCC(c2ccc(-c3ccc(F)cc3)cc2)CC1.CCCCCC1CCC(c2ccc(-c3ccc(F)cc3)cc2)CC1. The number of halogens is 3. The van der Waals surface area contributed by atoms with Crippen LogP contribution in [0.3, 0.4) is 0 Å². The molecule has 3 heteroatoms. The van der Waals surface area contributed by atoms with Gasteiger partial charge in [-0.1, -0.05) is 175 Å². The van der Waals surface area contributed by atoms with E-state index >= 15 is 0 Å². The zero-order valence-corrected chi connectivity index (χ0v) is 40.9. The molecule has 0 amide bonds. The van der Waals surface area contributed by atoms with E-state index in [-0.39, 0.29) is 17.5 Å². The summed E-state index contributed by atoms with van der Waals surface area (Å²) in [6.07, 6.45) is 25.9. The summed E-state index contributed by atoms with van der Waals surface area (Å²) in [5.74, 6) is 4.53. The van der Waals surface area contributed by atoms with Crippen LogP contribution in [0.4, 0.5) is 13.2 Å². The number of hydrogen-bond acceptors (Lipinski definition) is 0. The fraction of sp³-hybridized carbons (Fsp3) is 0.438. The minimum Gasteiger partial charge on any atom is -0.207 e. The van der Waals surface area contributed by atoms with Crippen molar-refractivity contribution < 1.29 is 13.2 Å². The van der Waals surface area contributed by atoms with Gasteiger partial charge in [0, 0.05) is 0 Å². The summed E-state index contributed by atoms with van der Waals surface area (Å²) in [7, 11) is 0. The van der Waals surface area contributed by atoms with Gasteiger partial charge >= 0.3 is 0 Å². The van der Waals surface area contributed by atoms with Crippen molar-refractivity contribution in [2.45, 2.75) is 161 Å². The number of rotatable bonds is 13. The molecule has 0 unspecified atom stereocenters. The van der Waals surface area contributed by atoms with Crippen LogP contribution in [0.1, 0.15) is 177 Å². The fourth-order valence-corrected chi connectivity index (χ4v) is 11.3. The summed E-state index contributed by atoms with van der Waals surface area (Å²) in [6, 6.07) is 47.0. The third-order valence-electron chi connectivity index (χ3n) is 15.7. The predicted octanol–water partition coefficient (Wildman–Crippen LogP) is 20.1. The van der Waals surface area contributed by atoms with Crippen molar-refractivity contribution in [1.82, 2.24) is 0 Å². The van der Waals surface area contributed by atoms with Crippen LogP contribution in [0.15, 0.2) is 146 Å². The minimum atomic E-state index is -0.178. The predicted molar refractivity (Wildman–Crippen MR) is 279 cm³/mol. The molecule has 0 N–H and O–H groups in total. The van der Waals surface area contributed by atoms with Crippen LogP contribution in [0.5, 0.6) is 0 Å². The smallest absolute Gasteiger partial charge is 0.123 e. The van der Waals surface area contributed by atoms with Crippen molar-refractivity contribution in [1.29, 1.82) is 0 Å². The van der Waals surface area contributed by atoms with E-state index in [0.717, 1.165) is 52.2 Å². The number of benzene rings is 6. The second-order valence-corrected chi connectivity index (χ2v) is 20.2. The summed E-state index contributed by atoms with van der Waals surface area (Å²) in [4.78, 5) is 0. The zero-order valence-electron chi connectivity index (χ0n) is 40.9. The molecule has 3 aliphatic rings. The van der Waals surface area contributed by atoms with Crippen LogP contribution in [-0.2, 0) is 0 Å². The molecule has 9 rings (SSSR count). The largest absolute Gasteiger partial charge is 0.207 e. The highest BCUT2D eigenvalue weighted by Gasteiger charge is 2.24. The monoisotopic (exact) mass is 903 g/mol. The lowest BCUT2D eigenvalue weighted by Gasteiger charge is -2.29. The Bertz CT molecular complexity index is 2270. The maximum atomic E-state index is 13.0. The van der Waals surface area contributed by atoms with Gasteiger partial charge in [0.25, 0.3) is 0 Å². The first-order valence-corrected chi connectivity index (χ1v) is 26.4. The van der Waals surface area contributed by atoms with Gasteiger partial charge in [0.05, 0.1) is 0 Å². The van der Waals surface area contributed by atoms with Gasteiger partial charge in [-0.15, -0.1) is 0 Å². The summed E-state index contributed by atoms with van der Waals surface area (Å²) < 4.78 is 39.0. The first-order chi connectivity index (χ1) is 32.8. The molecule has 0 nitrogen and oxygen atoms in total. The summed E-state index contributed by atoms with van der Waals surface area (Å²) >= 11 is 0. The topological polar surface area (TPSA) is 0 Å². The summed E-state index contributed by atoms with van der Waals surface area (Å²) in [5.41, 5.74) is 11.2. The van der Waals surface area contributed by atoms with Crippen LogP contribution in [-0.4, -0.2) is 0 Å². The molecule has 354 valence electrons. The molecule has 0 atom stereocenters. The molecule has 0 saturated heterocycles. The molecule has 6 aromatic carbocycles. The van der Waals surface area contributed by atoms with Gasteiger partial charge in [-0.05, 0) is 199 Å². The van der Waals surface area contributed by atoms with Crippen LogP contribution in [0.25, 0.3) is 33.4 Å². The van der Waals surface area contributed by atoms with Crippen LogP contribution < -0.4 is 0 Å². The molecule has 0 spiro atoms. The van der Waals surface area contributed by atoms with Gasteiger partial charge in [0.2, 0.25) is 0 Å². The Morgan fingerprint density at radius 2 is 0.567 bits per heavy atom. The first kappa shape index (κ1) is 50.0. The molecule has 67 heavy (non-hydrogen) atoms. The van der Waals surface area contributed by atoms with Crippen LogP contribution in [0, 0.1) is 35.2 Å². The van der Waals surface area contributed by atoms with Crippen molar-refractivity contribution in [2.24, 2.45) is 17.8 Å². The van der Waals surface area contributed by atoms with E-state index in [0.29, 0.717) is 0 Å². The first-order valence-electron chi connectivity index (χ1n) is 26.4. The molecule has 3 aliphatic carbocycles. The van der Waals surface area contributed by atoms with Gasteiger partial charge in [-0.2, -0.15) is 0 Å². The van der Waals surface area contributed by atoms with E-state index in [2.05, 4.69) is 93.6 Å². The molecule has 0 heterocycles. The highest BCUT2D eigenvalue weighted by molar-refractivity contribution is 5.65. The highest BCUT2D eigenvalue weighted by atomic mass is 19.1. The van der Waals surface area contributed by atoms with Gasteiger partial charge in [0.15, 0.2) is 0 Å². The van der Waals surface area contributed by atoms with E-state index in [4.69, 9.17) is 0 Å². The van der Waals surface area contributed by atoms with E-state index in [9.17, 15) is 13.2 Å². The lowest BCUT2D eigenvalue weighted by molar-refractivity contribution is 0.303. The van der Waals surface area contributed by atoms with E-state index in [1.807, 2.05) is 36.4 Å². The Labute approximate surface area is 402 Å². The average Bonchev–Trinajstić information content (AvgIpc) is 3.38. The Kier molecular flexibility index (Phi) is 19.4. The molecular weight excluding hydrogens is 826 g/mol. The Morgan fingerprint density at radius 1 is 0.299 bits per heavy atom. The van der Waals surface area contributed by atoms with E-state index in [1.165, 1.54) is 192 Å². The fourth-order valence-electron chi connectivity index (χ4n) is 11.3. The molecule has 3 fully saturated rings. The normalized spacial score (nSPS) is 21.6. The Balaban J connectivity index is 0.000000149. The second kappa shape index (κ2) is 26.0. The zero-order chi connectivity index (χ0) is 46.8.